The van der Waals surface area contributed by atoms with Crippen LogP contribution in [0.5, 0.6) is 0 Å². The zero-order valence-corrected chi connectivity index (χ0v) is 50.6. The summed E-state index contributed by atoms with van der Waals surface area (Å²) in [6, 6.07) is 1.62. The Morgan fingerprint density at radius 2 is 0.689 bits per heavy atom. The number of carboxylic acids is 8. The fourth-order valence-electron chi connectivity index (χ4n) is 10.2. The summed E-state index contributed by atoms with van der Waals surface area (Å²) < 4.78 is 0. The lowest BCUT2D eigenvalue weighted by molar-refractivity contribution is -0.145. The number of carbonyl (C=O) groups excluding carboxylic acids is 5. The van der Waals surface area contributed by atoms with E-state index in [4.69, 9.17) is 5.73 Å². The second-order valence-electron chi connectivity index (χ2n) is 21.9. The third-order valence-corrected chi connectivity index (χ3v) is 15.1. The average molecular weight is 1280 g/mol. The van der Waals surface area contributed by atoms with Crippen molar-refractivity contribution in [3.05, 3.63) is 35.4 Å². The lowest BCUT2D eigenvalue weighted by Crippen LogP contribution is -2.53. The number of carboxylic acid groups (broad SMARTS) is 8. The zero-order chi connectivity index (χ0) is 66.9. The molecule has 0 bridgehead atoms. The van der Waals surface area contributed by atoms with Crippen molar-refractivity contribution in [2.24, 2.45) is 5.73 Å². The Labute approximate surface area is 519 Å². The van der Waals surface area contributed by atoms with Gasteiger partial charge in [-0.25, -0.2) is 0 Å². The molecule has 35 nitrogen and oxygen atoms in total. The molecule has 504 valence electrons. The summed E-state index contributed by atoms with van der Waals surface area (Å²) in [6.45, 7) is -3.13. The van der Waals surface area contributed by atoms with Gasteiger partial charge in [0, 0.05) is 144 Å². The molecule has 2 heterocycles. The summed E-state index contributed by atoms with van der Waals surface area (Å²) in [6.07, 6.45) is -1.58. The van der Waals surface area contributed by atoms with Crippen molar-refractivity contribution in [2.45, 2.75) is 75.8 Å². The van der Waals surface area contributed by atoms with Gasteiger partial charge in [0.05, 0.1) is 45.3 Å². The maximum atomic E-state index is 14.1. The fraction of sp³-hybridized carbons (Fsp3) is 0.655. The van der Waals surface area contributed by atoms with Crippen LogP contribution < -0.4 is 32.3 Å². The third kappa shape index (κ3) is 31.4. The van der Waals surface area contributed by atoms with Crippen molar-refractivity contribution >= 4 is 77.3 Å². The highest BCUT2D eigenvalue weighted by atomic mass is 16.4. The Hall–Kier alpha value is -8.03. The number of benzene rings is 1. The first-order valence-corrected chi connectivity index (χ1v) is 29.3. The zero-order valence-electron chi connectivity index (χ0n) is 50.6. The van der Waals surface area contributed by atoms with Crippen molar-refractivity contribution in [3.8, 4) is 0 Å². The molecule has 15 N–H and O–H groups in total. The second-order valence-corrected chi connectivity index (χ2v) is 21.9. The van der Waals surface area contributed by atoms with Crippen LogP contribution in [-0.2, 0) is 75.4 Å². The molecule has 5 amide bonds. The molecule has 4 atom stereocenters. The van der Waals surface area contributed by atoms with Gasteiger partial charge >= 0.3 is 47.8 Å². The van der Waals surface area contributed by atoms with Gasteiger partial charge in [-0.1, -0.05) is 24.3 Å². The van der Waals surface area contributed by atoms with E-state index in [0.29, 0.717) is 11.1 Å². The van der Waals surface area contributed by atoms with Crippen LogP contribution >= 0.6 is 0 Å². The molecule has 0 saturated carbocycles. The molecule has 2 fully saturated rings. The third-order valence-electron chi connectivity index (χ3n) is 15.1. The Morgan fingerprint density at radius 1 is 0.400 bits per heavy atom. The molecule has 3 rings (SSSR count). The molecular weight excluding hydrogens is 1190 g/mol. The van der Waals surface area contributed by atoms with E-state index in [0.717, 1.165) is 0 Å². The fourth-order valence-corrected chi connectivity index (χ4v) is 10.2. The van der Waals surface area contributed by atoms with Crippen LogP contribution in [0.4, 0.5) is 0 Å². The normalized spacial score (nSPS) is 17.8. The number of nitrogens with zero attached hydrogens (tertiary/aromatic N) is 8. The van der Waals surface area contributed by atoms with Gasteiger partial charge in [-0.15, -0.1) is 0 Å². The van der Waals surface area contributed by atoms with Crippen molar-refractivity contribution in [1.29, 1.82) is 0 Å². The van der Waals surface area contributed by atoms with E-state index in [1.54, 1.807) is 31.3 Å². The van der Waals surface area contributed by atoms with E-state index in [1.807, 2.05) is 0 Å². The number of carbonyl (C=O) groups is 13. The number of primary amides is 1. The van der Waals surface area contributed by atoms with E-state index in [1.165, 1.54) is 39.2 Å². The standard InChI is InChI=1S/C55H88N14O21/c1-57-39(6-9-43(56)70)52(85)59-28-37-2-4-38(5-3-37)29-60-53(86)40(61-45(72)11-8-42(55(89)90)69-26-22-66(35-50(81)82)18-14-63(32-47(75)76)15-19-67(23-27-69)36-51(83)84)30-58-44(71)10-7-41(54(87)88)68-24-20-64(33-48(77)78)16-12-62(31-46(73)74)13-17-65(21-25-68)34-49(79)80/h2-5,39-42,57H,6-36H2,1H3,(H2,56,70)(H,58,71)(H,59,85)(H,60,86)(H,61,72)(H,73,74)(H,75,76)(H,77,78)(H,79,80)(H,81,82)(H,83,84)(H,87,88)(H,89,90)/t39-,40?,41?,42?/m0/s1. The molecule has 1 aromatic carbocycles. The Morgan fingerprint density at radius 3 is 0.967 bits per heavy atom. The molecule has 2 saturated heterocycles. The largest absolute Gasteiger partial charge is 0.480 e. The van der Waals surface area contributed by atoms with Crippen LogP contribution in [0.2, 0.25) is 0 Å². The maximum Gasteiger partial charge on any atom is 0.320 e. The van der Waals surface area contributed by atoms with E-state index in [9.17, 15) is 103 Å². The van der Waals surface area contributed by atoms with Crippen LogP contribution in [0.3, 0.4) is 0 Å². The van der Waals surface area contributed by atoms with Crippen LogP contribution in [0.15, 0.2) is 24.3 Å². The lowest BCUT2D eigenvalue weighted by Gasteiger charge is -2.35. The molecule has 3 unspecified atom stereocenters. The first-order valence-electron chi connectivity index (χ1n) is 29.3. The number of nitrogens with one attached hydrogen (secondary N) is 5. The summed E-state index contributed by atoms with van der Waals surface area (Å²) >= 11 is 0. The number of amides is 5. The monoisotopic (exact) mass is 1280 g/mol. The molecule has 35 heteroatoms. The number of hydrogen-bond donors (Lipinski definition) is 14. The summed E-state index contributed by atoms with van der Waals surface area (Å²) in [7, 11) is 1.56. The van der Waals surface area contributed by atoms with Crippen molar-refractivity contribution in [2.75, 3.05) is 158 Å². The van der Waals surface area contributed by atoms with E-state index >= 15 is 0 Å². The minimum absolute atomic E-state index is 0.0109. The van der Waals surface area contributed by atoms with E-state index < -0.39 is 154 Å². The molecule has 1 aromatic rings. The first kappa shape index (κ1) is 76.2. The van der Waals surface area contributed by atoms with Crippen LogP contribution in [0.1, 0.15) is 49.7 Å². The smallest absolute Gasteiger partial charge is 0.320 e. The Kier molecular flexibility index (Phi) is 34.4. The van der Waals surface area contributed by atoms with Gasteiger partial charge in [-0.2, -0.15) is 0 Å². The number of nitrogens with two attached hydrogens (primary N) is 1. The summed E-state index contributed by atoms with van der Waals surface area (Å²) in [5, 5.41) is 92.3. The summed E-state index contributed by atoms with van der Waals surface area (Å²) in [5.41, 5.74) is 6.45. The molecular formula is C55H88N14O21. The number of aliphatic carboxylic acids is 8. The highest BCUT2D eigenvalue weighted by molar-refractivity contribution is 5.89. The summed E-state index contributed by atoms with van der Waals surface area (Å²) in [5.74, 6) is -13.3. The van der Waals surface area contributed by atoms with E-state index in [-0.39, 0.29) is 149 Å². The van der Waals surface area contributed by atoms with Gasteiger partial charge in [0.1, 0.15) is 18.1 Å². The Bertz CT molecular complexity index is 2520. The predicted octanol–water partition coefficient (Wildman–Crippen LogP) is -6.21. The van der Waals surface area contributed by atoms with Gasteiger partial charge in [-0.3, -0.25) is 102 Å². The second kappa shape index (κ2) is 40.6. The SMILES string of the molecule is CN[C@@H](CCC(N)=O)C(=O)NCc1ccc(CNC(=O)C(CNC(=O)CCC(C(=O)O)N2CCN(CC(=O)O)CCN(CC(=O)O)CCN(CC(=O)O)CC2)NC(=O)CCC(C(=O)O)N2CCN(CC(=O)O)CCN(CC(=O)O)CCN(CC(=O)O)CC2)cc1. The van der Waals surface area contributed by atoms with Gasteiger partial charge in [0.2, 0.25) is 29.5 Å². The molecule has 2 aliphatic heterocycles. The first-order chi connectivity index (χ1) is 42.6. The quantitative estimate of drug-likeness (QED) is 0.0301. The highest BCUT2D eigenvalue weighted by Crippen LogP contribution is 2.14. The van der Waals surface area contributed by atoms with Crippen molar-refractivity contribution in [3.63, 3.8) is 0 Å². The molecule has 0 radical (unpaired) electrons. The Balaban J connectivity index is 1.88. The highest BCUT2D eigenvalue weighted by Gasteiger charge is 2.32. The maximum absolute atomic E-state index is 14.1. The minimum Gasteiger partial charge on any atom is -0.480 e. The predicted molar refractivity (Wildman–Crippen MR) is 315 cm³/mol. The van der Waals surface area contributed by atoms with Crippen LogP contribution in [0, 0.1) is 0 Å². The van der Waals surface area contributed by atoms with Crippen molar-refractivity contribution < 1.29 is 103 Å². The molecule has 0 aromatic heterocycles. The average Bonchev–Trinajstić information content (AvgIpc) is 2.61. The number of hydrogen-bond acceptors (Lipinski definition) is 22. The lowest BCUT2D eigenvalue weighted by atomic mass is 10.1. The molecule has 0 spiro atoms. The van der Waals surface area contributed by atoms with E-state index in [2.05, 4.69) is 26.6 Å². The van der Waals surface area contributed by atoms with Gasteiger partial charge in [-0.05, 0) is 37.4 Å². The molecule has 2 aliphatic rings. The van der Waals surface area contributed by atoms with Crippen molar-refractivity contribution in [1.82, 2.24) is 65.8 Å². The summed E-state index contributed by atoms with van der Waals surface area (Å²) in [4.78, 5) is 174. The molecule has 90 heavy (non-hydrogen) atoms. The van der Waals surface area contributed by atoms with Crippen LogP contribution in [0.25, 0.3) is 0 Å². The topological polar surface area (TPSA) is 496 Å². The molecule has 0 aliphatic carbocycles. The van der Waals surface area contributed by atoms with Gasteiger partial charge in [0.15, 0.2) is 0 Å². The van der Waals surface area contributed by atoms with Gasteiger partial charge < -0.3 is 73.2 Å². The minimum atomic E-state index is -1.54. The number of likely N-dealkylation sites (N-methyl/N-ethyl adjacent to an activating group) is 1. The van der Waals surface area contributed by atoms with Gasteiger partial charge in [0.25, 0.3) is 0 Å². The number of rotatable bonds is 35. The van der Waals surface area contributed by atoms with Crippen LogP contribution in [-0.4, -0.2) is 339 Å².